The van der Waals surface area contributed by atoms with Crippen molar-refractivity contribution in [2.45, 2.75) is 24.7 Å². The van der Waals surface area contributed by atoms with Gasteiger partial charge in [-0.3, -0.25) is 9.59 Å². The number of carbonyl (C=O) groups is 2. The number of sulfone groups is 1. The van der Waals surface area contributed by atoms with Gasteiger partial charge in [-0.25, -0.2) is 8.42 Å². The summed E-state index contributed by atoms with van der Waals surface area (Å²) in [5, 5.41) is 0. The maximum Gasteiger partial charge on any atom is 0.246 e. The summed E-state index contributed by atoms with van der Waals surface area (Å²) in [5.74, 6) is -0.361. The maximum absolute atomic E-state index is 12.5. The van der Waals surface area contributed by atoms with Crippen LogP contribution in [0.15, 0.2) is 35.7 Å². The molecule has 0 aromatic heterocycles. The molecule has 7 heteroatoms. The molecule has 0 saturated heterocycles. The zero-order valence-corrected chi connectivity index (χ0v) is 15.5. The highest BCUT2D eigenvalue weighted by molar-refractivity contribution is 7.90. The number of hydrogen-bond acceptors (Lipinski definition) is 4. The second-order valence-corrected chi connectivity index (χ2v) is 8.16. The van der Waals surface area contributed by atoms with Crippen LogP contribution in [0.2, 0.25) is 0 Å². The normalized spacial score (nSPS) is 14.4. The van der Waals surface area contributed by atoms with Crippen molar-refractivity contribution >= 4 is 21.7 Å². The molecule has 0 saturated carbocycles. The van der Waals surface area contributed by atoms with Crippen LogP contribution in [-0.4, -0.2) is 62.5 Å². The van der Waals surface area contributed by atoms with Crippen molar-refractivity contribution in [3.8, 4) is 0 Å². The van der Waals surface area contributed by atoms with Gasteiger partial charge in [0.15, 0.2) is 9.84 Å². The van der Waals surface area contributed by atoms with Crippen molar-refractivity contribution in [3.63, 3.8) is 0 Å². The molecule has 0 aliphatic carbocycles. The van der Waals surface area contributed by atoms with Gasteiger partial charge < -0.3 is 9.80 Å². The van der Waals surface area contributed by atoms with Crippen molar-refractivity contribution in [2.24, 2.45) is 0 Å². The van der Waals surface area contributed by atoms with E-state index in [4.69, 9.17) is 0 Å². The van der Waals surface area contributed by atoms with Gasteiger partial charge in [-0.2, -0.15) is 0 Å². The zero-order chi connectivity index (χ0) is 18.6. The molecule has 1 aromatic carbocycles. The predicted molar refractivity (Wildman–Crippen MR) is 96.0 cm³/mol. The Labute approximate surface area is 149 Å². The first-order chi connectivity index (χ1) is 11.8. The van der Waals surface area contributed by atoms with Gasteiger partial charge in [0, 0.05) is 25.9 Å². The van der Waals surface area contributed by atoms with Crippen LogP contribution in [-0.2, 0) is 32.3 Å². The van der Waals surface area contributed by atoms with Crippen molar-refractivity contribution in [3.05, 3.63) is 42.0 Å². The number of likely N-dealkylation sites (N-methyl/N-ethyl adjacent to an activating group) is 1. The molecule has 1 heterocycles. The fraction of sp³-hybridized carbons (Fsp3) is 0.444. The maximum atomic E-state index is 12.5. The van der Waals surface area contributed by atoms with Crippen molar-refractivity contribution in [1.29, 1.82) is 0 Å². The van der Waals surface area contributed by atoms with Gasteiger partial charge in [0.1, 0.15) is 0 Å². The largest absolute Gasteiger partial charge is 0.340 e. The average molecular weight is 364 g/mol. The highest BCUT2D eigenvalue weighted by Crippen LogP contribution is 2.20. The Morgan fingerprint density at radius 2 is 1.88 bits per heavy atom. The number of carbonyl (C=O) groups excluding carboxylic acids is 2. The monoisotopic (exact) mass is 364 g/mol. The van der Waals surface area contributed by atoms with Crippen molar-refractivity contribution in [1.82, 2.24) is 9.80 Å². The summed E-state index contributed by atoms with van der Waals surface area (Å²) >= 11 is 0. The second-order valence-electron chi connectivity index (χ2n) is 6.14. The van der Waals surface area contributed by atoms with E-state index in [0.717, 1.165) is 11.1 Å². The quantitative estimate of drug-likeness (QED) is 0.732. The molecule has 0 atom stereocenters. The summed E-state index contributed by atoms with van der Waals surface area (Å²) in [5.41, 5.74) is 2.03. The molecule has 0 unspecified atom stereocenters. The van der Waals surface area contributed by atoms with E-state index in [2.05, 4.69) is 6.58 Å². The van der Waals surface area contributed by atoms with E-state index in [-0.39, 0.29) is 18.4 Å². The Hall–Kier alpha value is -2.15. The molecule has 1 aliphatic heterocycles. The lowest BCUT2D eigenvalue weighted by Crippen LogP contribution is -2.43. The van der Waals surface area contributed by atoms with Gasteiger partial charge in [0.25, 0.3) is 0 Å². The first-order valence-electron chi connectivity index (χ1n) is 8.27. The average Bonchev–Trinajstić information content (AvgIpc) is 2.80. The molecule has 1 aliphatic rings. The van der Waals surface area contributed by atoms with Gasteiger partial charge in [0.2, 0.25) is 11.8 Å². The van der Waals surface area contributed by atoms with Gasteiger partial charge in [0.05, 0.1) is 11.4 Å². The predicted octanol–water partition coefficient (Wildman–Crippen LogP) is 1.05. The molecule has 1 aromatic rings. The van der Waals surface area contributed by atoms with E-state index in [1.54, 1.807) is 17.0 Å². The van der Waals surface area contributed by atoms with E-state index < -0.39 is 9.84 Å². The summed E-state index contributed by atoms with van der Waals surface area (Å²) in [6.45, 7) is 6.83. The van der Waals surface area contributed by atoms with Gasteiger partial charge in [-0.05, 0) is 49.1 Å². The SMILES string of the molecule is C=CC(=O)N(CC)CC(=O)N1CCc2ccc(S(C)(=O)=O)cc2CC1. The van der Waals surface area contributed by atoms with Crippen LogP contribution < -0.4 is 0 Å². The van der Waals surface area contributed by atoms with Gasteiger partial charge in [-0.15, -0.1) is 0 Å². The standard InChI is InChI=1S/C18H24N2O4S/c1-4-17(21)19(5-2)13-18(22)20-10-8-14-6-7-16(25(3,23)24)12-15(14)9-11-20/h4,6-7,12H,1,5,8-11,13H2,2-3H3. The van der Waals surface area contributed by atoms with E-state index in [9.17, 15) is 18.0 Å². The van der Waals surface area contributed by atoms with Crippen molar-refractivity contribution in [2.75, 3.05) is 32.4 Å². The Morgan fingerprint density at radius 3 is 2.44 bits per heavy atom. The summed E-state index contributed by atoms with van der Waals surface area (Å²) < 4.78 is 23.4. The highest BCUT2D eigenvalue weighted by atomic mass is 32.2. The van der Waals surface area contributed by atoms with Crippen LogP contribution in [0.1, 0.15) is 18.1 Å². The molecular weight excluding hydrogens is 340 g/mol. The minimum atomic E-state index is -3.24. The summed E-state index contributed by atoms with van der Waals surface area (Å²) in [4.78, 5) is 27.7. The fourth-order valence-electron chi connectivity index (χ4n) is 2.92. The summed E-state index contributed by atoms with van der Waals surface area (Å²) in [7, 11) is -3.24. The molecule has 6 nitrogen and oxygen atoms in total. The minimum Gasteiger partial charge on any atom is -0.340 e. The third-order valence-corrected chi connectivity index (χ3v) is 5.57. The lowest BCUT2D eigenvalue weighted by atomic mass is 10.0. The van der Waals surface area contributed by atoms with Crippen molar-refractivity contribution < 1.29 is 18.0 Å². The van der Waals surface area contributed by atoms with Gasteiger partial charge in [-0.1, -0.05) is 12.6 Å². The first-order valence-corrected chi connectivity index (χ1v) is 10.2. The third-order valence-electron chi connectivity index (χ3n) is 4.45. The van der Waals surface area contributed by atoms with E-state index in [0.29, 0.717) is 37.4 Å². The fourth-order valence-corrected chi connectivity index (χ4v) is 3.59. The minimum absolute atomic E-state index is 0.0340. The molecule has 0 bridgehead atoms. The van der Waals surface area contributed by atoms with Crippen LogP contribution >= 0.6 is 0 Å². The van der Waals surface area contributed by atoms with E-state index in [1.807, 2.05) is 13.0 Å². The molecule has 136 valence electrons. The summed E-state index contributed by atoms with van der Waals surface area (Å²) in [6.07, 6.45) is 3.68. The molecule has 2 amide bonds. The molecule has 0 fully saturated rings. The molecule has 0 radical (unpaired) electrons. The van der Waals surface area contributed by atoms with Gasteiger partial charge >= 0.3 is 0 Å². The molecule has 0 spiro atoms. The molecule has 0 N–H and O–H groups in total. The van der Waals surface area contributed by atoms with E-state index in [1.165, 1.54) is 17.2 Å². The lowest BCUT2D eigenvalue weighted by molar-refractivity contribution is -0.138. The zero-order valence-electron chi connectivity index (χ0n) is 14.7. The number of hydrogen-bond donors (Lipinski definition) is 0. The Morgan fingerprint density at radius 1 is 1.24 bits per heavy atom. The number of nitrogens with zero attached hydrogens (tertiary/aromatic N) is 2. The lowest BCUT2D eigenvalue weighted by Gasteiger charge is -2.25. The second kappa shape index (κ2) is 7.82. The summed E-state index contributed by atoms with van der Waals surface area (Å²) in [6, 6.07) is 5.16. The highest BCUT2D eigenvalue weighted by Gasteiger charge is 2.22. The van der Waals surface area contributed by atoms with Crippen LogP contribution in [0.3, 0.4) is 0 Å². The number of amides is 2. The van der Waals surface area contributed by atoms with E-state index >= 15 is 0 Å². The number of fused-ring (bicyclic) bond motifs is 1. The molecular formula is C18H24N2O4S. The number of benzene rings is 1. The Bertz CT molecular complexity index is 786. The molecule has 25 heavy (non-hydrogen) atoms. The van der Waals surface area contributed by atoms with Crippen LogP contribution in [0.4, 0.5) is 0 Å². The molecule has 2 rings (SSSR count). The van der Waals surface area contributed by atoms with Crippen LogP contribution in [0.5, 0.6) is 0 Å². The smallest absolute Gasteiger partial charge is 0.246 e. The Kier molecular flexibility index (Phi) is 6.00. The van der Waals surface area contributed by atoms with Crippen LogP contribution in [0, 0.1) is 0 Å². The Balaban J connectivity index is 2.10. The third kappa shape index (κ3) is 4.69. The van der Waals surface area contributed by atoms with Crippen LogP contribution in [0.25, 0.3) is 0 Å². The first kappa shape index (κ1) is 19.2. The number of rotatable bonds is 5. The topological polar surface area (TPSA) is 74.8 Å².